The molecule has 0 aromatic rings. The van der Waals surface area contributed by atoms with Gasteiger partial charge in [-0.05, 0) is 100 Å². The zero-order valence-corrected chi connectivity index (χ0v) is 24.3. The summed E-state index contributed by atoms with van der Waals surface area (Å²) in [6, 6.07) is 0. The molecule has 2 saturated heterocycles. The van der Waals surface area contributed by atoms with Gasteiger partial charge in [-0.2, -0.15) is 0 Å². The van der Waals surface area contributed by atoms with Crippen LogP contribution in [-0.2, 0) is 18.6 Å². The molecule has 0 aromatic heterocycles. The van der Waals surface area contributed by atoms with E-state index >= 15 is 0 Å². The first kappa shape index (κ1) is 24.4. The van der Waals surface area contributed by atoms with E-state index in [2.05, 4.69) is 61.6 Å². The van der Waals surface area contributed by atoms with Gasteiger partial charge in [0.25, 0.3) is 0 Å². The quantitative estimate of drug-likeness (QED) is 0.393. The van der Waals surface area contributed by atoms with Crippen LogP contribution < -0.4 is 0 Å². The van der Waals surface area contributed by atoms with Crippen molar-refractivity contribution in [3.8, 4) is 0 Å². The molecule has 0 amide bonds. The van der Waals surface area contributed by atoms with E-state index in [4.69, 9.17) is 18.6 Å². The summed E-state index contributed by atoms with van der Waals surface area (Å²) in [6.07, 6.45) is 10.4. The SMILES string of the molecule is CC1O[C@H]2C[C@@]3(C)C(CC[C@@H]3O[Si](C)(C)C(C)(C)C)C3C2[C@]12CCCCC2[C@H]1OC(C)(C)O[C@H]31. The molecule has 0 radical (unpaired) electrons. The minimum Gasteiger partial charge on any atom is -0.413 e. The van der Waals surface area contributed by atoms with E-state index < -0.39 is 14.1 Å². The first-order valence-corrected chi connectivity index (χ1v) is 17.3. The largest absolute Gasteiger partial charge is 0.413 e. The van der Waals surface area contributed by atoms with Gasteiger partial charge in [0.05, 0.1) is 30.5 Å². The van der Waals surface area contributed by atoms with Gasteiger partial charge in [-0.15, -0.1) is 0 Å². The maximum Gasteiger partial charge on any atom is 0.192 e. The predicted molar refractivity (Wildman–Crippen MR) is 137 cm³/mol. The molecule has 194 valence electrons. The van der Waals surface area contributed by atoms with E-state index in [9.17, 15) is 0 Å². The molecule has 4 aliphatic carbocycles. The van der Waals surface area contributed by atoms with Crippen molar-refractivity contribution in [2.75, 3.05) is 0 Å². The van der Waals surface area contributed by atoms with Gasteiger partial charge >= 0.3 is 0 Å². The Labute approximate surface area is 209 Å². The lowest BCUT2D eigenvalue weighted by molar-refractivity contribution is -0.181. The van der Waals surface area contributed by atoms with Gasteiger partial charge in [0.2, 0.25) is 0 Å². The average Bonchev–Trinajstić information content (AvgIpc) is 3.30. The Morgan fingerprint density at radius 1 is 0.912 bits per heavy atom. The van der Waals surface area contributed by atoms with Gasteiger partial charge < -0.3 is 18.6 Å². The number of ether oxygens (including phenoxy) is 3. The van der Waals surface area contributed by atoms with Crippen LogP contribution in [0, 0.1) is 34.5 Å². The summed E-state index contributed by atoms with van der Waals surface area (Å²) in [5.41, 5.74) is 0.437. The Balaban J connectivity index is 1.41. The fourth-order valence-corrected chi connectivity index (χ4v) is 11.4. The van der Waals surface area contributed by atoms with Crippen LogP contribution in [0.4, 0.5) is 0 Å². The van der Waals surface area contributed by atoms with Crippen molar-refractivity contribution >= 4 is 8.32 Å². The lowest BCUT2D eigenvalue weighted by Gasteiger charge is -2.62. The molecule has 4 nitrogen and oxygen atoms in total. The second-order valence-corrected chi connectivity index (χ2v) is 20.0. The third-order valence-electron chi connectivity index (χ3n) is 12.2. The number of rotatable bonds is 2. The van der Waals surface area contributed by atoms with E-state index in [1.807, 2.05) is 0 Å². The highest BCUT2D eigenvalue weighted by atomic mass is 28.4. The second-order valence-electron chi connectivity index (χ2n) is 15.2. The lowest BCUT2D eigenvalue weighted by atomic mass is 9.43. The average molecular weight is 491 g/mol. The smallest absolute Gasteiger partial charge is 0.192 e. The number of fused-ring (bicyclic) bond motifs is 5. The summed E-state index contributed by atoms with van der Waals surface area (Å²) in [4.78, 5) is 0. The molecule has 4 saturated carbocycles. The molecule has 0 N–H and O–H groups in total. The lowest BCUT2D eigenvalue weighted by Crippen LogP contribution is -2.66. The number of hydrogen-bond donors (Lipinski definition) is 0. The molecule has 1 spiro atoms. The van der Waals surface area contributed by atoms with Crippen LogP contribution in [0.15, 0.2) is 0 Å². The molecule has 0 aromatic carbocycles. The maximum atomic E-state index is 7.22. The molecule has 11 atom stereocenters. The van der Waals surface area contributed by atoms with Crippen LogP contribution in [0.25, 0.3) is 0 Å². The zero-order valence-electron chi connectivity index (χ0n) is 23.3. The molecule has 2 heterocycles. The van der Waals surface area contributed by atoms with Crippen LogP contribution in [0.1, 0.15) is 93.4 Å². The minimum atomic E-state index is -1.85. The molecule has 6 fully saturated rings. The monoisotopic (exact) mass is 490 g/mol. The summed E-state index contributed by atoms with van der Waals surface area (Å²) in [6.45, 7) is 21.2. The van der Waals surface area contributed by atoms with Crippen LogP contribution in [0.5, 0.6) is 0 Å². The van der Waals surface area contributed by atoms with Crippen molar-refractivity contribution in [3.63, 3.8) is 0 Å². The molecule has 5 unspecified atom stereocenters. The highest BCUT2D eigenvalue weighted by molar-refractivity contribution is 6.74. The standard InChI is InChI=1S/C29H50O4Si/c1-17-29-15-11-10-12-19(29)24-25(32-27(5,6)31-24)22-18-13-14-21(33-34(8,9)26(2,3)4)28(18,7)16-20(30-17)23(22)29/h17-25H,10-16H2,1-9H3/t17?,18?,19?,20-,21-,22?,23?,24+,25+,28-,29+/m0/s1. The van der Waals surface area contributed by atoms with Gasteiger partial charge in [0.1, 0.15) is 0 Å². The topological polar surface area (TPSA) is 36.9 Å². The normalized spacial score (nSPS) is 53.7. The molecule has 5 heteroatoms. The molecule has 2 aliphatic heterocycles. The highest BCUT2D eigenvalue weighted by Crippen LogP contribution is 2.73. The van der Waals surface area contributed by atoms with Gasteiger partial charge in [-0.25, -0.2) is 0 Å². The van der Waals surface area contributed by atoms with E-state index in [0.29, 0.717) is 42.0 Å². The van der Waals surface area contributed by atoms with Crippen molar-refractivity contribution in [1.82, 2.24) is 0 Å². The van der Waals surface area contributed by atoms with E-state index in [0.717, 1.165) is 0 Å². The number of hydrogen-bond acceptors (Lipinski definition) is 4. The van der Waals surface area contributed by atoms with Crippen molar-refractivity contribution in [1.29, 1.82) is 0 Å². The molecule has 6 aliphatic rings. The van der Waals surface area contributed by atoms with Crippen LogP contribution >= 0.6 is 0 Å². The fourth-order valence-electron chi connectivity index (χ4n) is 9.92. The van der Waals surface area contributed by atoms with Gasteiger partial charge in [-0.3, -0.25) is 0 Å². The van der Waals surface area contributed by atoms with Crippen molar-refractivity contribution in [2.45, 2.75) is 148 Å². The van der Waals surface area contributed by atoms with Gasteiger partial charge in [0, 0.05) is 5.41 Å². The molecule has 34 heavy (non-hydrogen) atoms. The Morgan fingerprint density at radius 3 is 2.32 bits per heavy atom. The maximum absolute atomic E-state index is 7.22. The minimum absolute atomic E-state index is 0.161. The molecular formula is C29H50O4Si. The van der Waals surface area contributed by atoms with Gasteiger partial charge in [0.15, 0.2) is 14.1 Å². The first-order valence-electron chi connectivity index (χ1n) is 14.4. The zero-order chi connectivity index (χ0) is 24.5. The van der Waals surface area contributed by atoms with Crippen molar-refractivity contribution in [3.05, 3.63) is 0 Å². The highest BCUT2D eigenvalue weighted by Gasteiger charge is 2.75. The van der Waals surface area contributed by atoms with Crippen LogP contribution in [0.3, 0.4) is 0 Å². The Hall–Kier alpha value is 0.0569. The fraction of sp³-hybridized carbons (Fsp3) is 1.00. The van der Waals surface area contributed by atoms with Crippen molar-refractivity contribution < 1.29 is 18.6 Å². The van der Waals surface area contributed by atoms with E-state index in [-0.39, 0.29) is 28.1 Å². The molecule has 6 rings (SSSR count). The second kappa shape index (κ2) is 7.33. The summed E-state index contributed by atoms with van der Waals surface area (Å²) in [5, 5.41) is 0.235. The Morgan fingerprint density at radius 2 is 1.62 bits per heavy atom. The Bertz CT molecular complexity index is 834. The first-order chi connectivity index (χ1) is 15.7. The predicted octanol–water partition coefficient (Wildman–Crippen LogP) is 6.93. The molecular weight excluding hydrogens is 440 g/mol. The Kier molecular flexibility index (Phi) is 5.26. The van der Waals surface area contributed by atoms with E-state index in [1.54, 1.807) is 0 Å². The summed E-state index contributed by atoms with van der Waals surface area (Å²) in [7, 11) is -1.85. The molecule has 0 bridgehead atoms. The van der Waals surface area contributed by atoms with E-state index in [1.165, 1.54) is 44.9 Å². The third kappa shape index (κ3) is 3.09. The third-order valence-corrected chi connectivity index (χ3v) is 16.7. The van der Waals surface area contributed by atoms with Crippen LogP contribution in [0.2, 0.25) is 18.1 Å². The summed E-state index contributed by atoms with van der Waals surface area (Å²) >= 11 is 0. The summed E-state index contributed by atoms with van der Waals surface area (Å²) < 4.78 is 27.9. The van der Waals surface area contributed by atoms with Crippen molar-refractivity contribution in [2.24, 2.45) is 34.5 Å². The summed E-state index contributed by atoms with van der Waals surface area (Å²) in [5.74, 6) is 1.90. The van der Waals surface area contributed by atoms with Crippen LogP contribution in [-0.4, -0.2) is 44.6 Å². The van der Waals surface area contributed by atoms with Gasteiger partial charge in [-0.1, -0.05) is 40.5 Å².